The summed E-state index contributed by atoms with van der Waals surface area (Å²) < 4.78 is 1.66. The van der Waals surface area contributed by atoms with E-state index in [1.54, 1.807) is 11.5 Å². The number of rotatable bonds is 4. The average molecular weight is 327 g/mol. The van der Waals surface area contributed by atoms with Crippen LogP contribution in [0.5, 0.6) is 0 Å². The van der Waals surface area contributed by atoms with E-state index in [0.717, 1.165) is 16.6 Å². The van der Waals surface area contributed by atoms with Crippen LogP contribution in [0.1, 0.15) is 17.7 Å². The fourth-order valence-electron chi connectivity index (χ4n) is 2.50. The van der Waals surface area contributed by atoms with Gasteiger partial charge in [0, 0.05) is 23.9 Å². The third kappa shape index (κ3) is 3.32. The number of anilines is 1. The maximum Gasteiger partial charge on any atom is 0.253 e. The molecule has 5 nitrogen and oxygen atoms in total. The van der Waals surface area contributed by atoms with Crippen LogP contribution in [0.3, 0.4) is 0 Å². The second-order valence-electron chi connectivity index (χ2n) is 5.44. The fraction of sp³-hybridized carbons (Fsp3) is 0.235. The minimum Gasteiger partial charge on any atom is -0.308 e. The van der Waals surface area contributed by atoms with Gasteiger partial charge in [-0.1, -0.05) is 18.2 Å². The molecule has 2 aromatic heterocycles. The second kappa shape index (κ2) is 6.34. The van der Waals surface area contributed by atoms with Gasteiger partial charge in [0.05, 0.1) is 11.2 Å². The summed E-state index contributed by atoms with van der Waals surface area (Å²) in [6.07, 6.45) is 0.228. The Kier molecular flexibility index (Phi) is 4.25. The first-order valence-corrected chi connectivity index (χ1v) is 8.24. The van der Waals surface area contributed by atoms with Gasteiger partial charge in [0.1, 0.15) is 0 Å². The number of hydrogen-bond acceptors (Lipinski definition) is 4. The highest BCUT2D eigenvalue weighted by atomic mass is 32.1. The maximum atomic E-state index is 12.4. The van der Waals surface area contributed by atoms with Crippen molar-refractivity contribution >= 4 is 33.3 Å². The van der Waals surface area contributed by atoms with Crippen LogP contribution in [0.15, 0.2) is 40.5 Å². The van der Waals surface area contributed by atoms with Gasteiger partial charge < -0.3 is 9.88 Å². The molecule has 1 N–H and O–H groups in total. The van der Waals surface area contributed by atoms with Crippen LogP contribution >= 0.6 is 11.3 Å². The van der Waals surface area contributed by atoms with Crippen molar-refractivity contribution in [1.29, 1.82) is 0 Å². The van der Waals surface area contributed by atoms with E-state index in [9.17, 15) is 9.59 Å². The van der Waals surface area contributed by atoms with E-state index >= 15 is 0 Å². The molecule has 0 atom stereocenters. The van der Waals surface area contributed by atoms with E-state index in [1.807, 2.05) is 42.6 Å². The monoisotopic (exact) mass is 327 g/mol. The standard InChI is InChI=1S/C17H17N3O2S/c1-11-9-13-5-3-4-6-14(13)20(16(11)22)8-7-15(21)19-17-18-12(2)10-23-17/h3-6,9-10H,7-8H2,1-2H3,(H,18,19,21). The Hall–Kier alpha value is -2.47. The van der Waals surface area contributed by atoms with Crippen LogP contribution in [0.2, 0.25) is 0 Å². The van der Waals surface area contributed by atoms with Gasteiger partial charge in [-0.15, -0.1) is 11.3 Å². The highest BCUT2D eigenvalue weighted by Crippen LogP contribution is 2.16. The van der Waals surface area contributed by atoms with Crippen molar-refractivity contribution in [3.8, 4) is 0 Å². The minimum absolute atomic E-state index is 0.0541. The molecule has 1 aromatic carbocycles. The van der Waals surface area contributed by atoms with Crippen molar-refractivity contribution in [3.05, 3.63) is 57.3 Å². The number of fused-ring (bicyclic) bond motifs is 1. The molecule has 0 spiro atoms. The third-order valence-electron chi connectivity index (χ3n) is 3.61. The van der Waals surface area contributed by atoms with Gasteiger partial charge in [0.25, 0.3) is 5.56 Å². The lowest BCUT2D eigenvalue weighted by molar-refractivity contribution is -0.116. The number of benzene rings is 1. The number of thiazole rings is 1. The molecule has 6 heteroatoms. The highest BCUT2D eigenvalue weighted by molar-refractivity contribution is 7.13. The molecule has 0 unspecified atom stereocenters. The second-order valence-corrected chi connectivity index (χ2v) is 6.29. The summed E-state index contributed by atoms with van der Waals surface area (Å²) in [5.74, 6) is -0.142. The van der Waals surface area contributed by atoms with Crippen LogP contribution in [-0.2, 0) is 11.3 Å². The molecule has 1 amide bonds. The topological polar surface area (TPSA) is 64.0 Å². The van der Waals surface area contributed by atoms with Gasteiger partial charge in [-0.05, 0) is 31.4 Å². The summed E-state index contributed by atoms with van der Waals surface area (Å²) in [6, 6.07) is 9.58. The van der Waals surface area contributed by atoms with Crippen LogP contribution in [-0.4, -0.2) is 15.5 Å². The van der Waals surface area contributed by atoms with Crippen molar-refractivity contribution < 1.29 is 4.79 Å². The molecule has 118 valence electrons. The van der Waals surface area contributed by atoms with E-state index in [-0.39, 0.29) is 17.9 Å². The number of carbonyl (C=O) groups is 1. The number of carbonyl (C=O) groups excluding carboxylic acids is 1. The van der Waals surface area contributed by atoms with Crippen molar-refractivity contribution in [2.75, 3.05) is 5.32 Å². The molecular weight excluding hydrogens is 310 g/mol. The Morgan fingerprint density at radius 2 is 2.09 bits per heavy atom. The molecule has 0 bridgehead atoms. The maximum absolute atomic E-state index is 12.4. The van der Waals surface area contributed by atoms with Gasteiger partial charge in [-0.2, -0.15) is 0 Å². The molecule has 0 saturated carbocycles. The zero-order valence-electron chi connectivity index (χ0n) is 13.0. The van der Waals surface area contributed by atoms with E-state index in [0.29, 0.717) is 17.2 Å². The van der Waals surface area contributed by atoms with Crippen LogP contribution < -0.4 is 10.9 Å². The van der Waals surface area contributed by atoms with Crippen LogP contribution in [0.4, 0.5) is 5.13 Å². The van der Waals surface area contributed by atoms with Gasteiger partial charge in [-0.25, -0.2) is 4.98 Å². The average Bonchev–Trinajstić information content (AvgIpc) is 2.93. The first-order chi connectivity index (χ1) is 11.0. The molecule has 2 heterocycles. The van der Waals surface area contributed by atoms with Crippen LogP contribution in [0.25, 0.3) is 10.9 Å². The van der Waals surface area contributed by atoms with Gasteiger partial charge in [0.15, 0.2) is 5.13 Å². The highest BCUT2D eigenvalue weighted by Gasteiger charge is 2.10. The van der Waals surface area contributed by atoms with Gasteiger partial charge >= 0.3 is 0 Å². The SMILES string of the molecule is Cc1csc(NC(=O)CCn2c(=O)c(C)cc3ccccc32)n1. The van der Waals surface area contributed by atoms with E-state index in [1.165, 1.54) is 11.3 Å². The molecule has 23 heavy (non-hydrogen) atoms. The summed E-state index contributed by atoms with van der Waals surface area (Å²) in [4.78, 5) is 28.7. The molecule has 0 aliphatic heterocycles. The van der Waals surface area contributed by atoms with E-state index < -0.39 is 0 Å². The smallest absolute Gasteiger partial charge is 0.253 e. The van der Waals surface area contributed by atoms with Crippen molar-refractivity contribution in [2.45, 2.75) is 26.8 Å². The quantitative estimate of drug-likeness (QED) is 0.801. The predicted molar refractivity (Wildman–Crippen MR) is 93.0 cm³/mol. The van der Waals surface area contributed by atoms with Crippen LogP contribution in [0, 0.1) is 13.8 Å². The number of hydrogen-bond donors (Lipinski definition) is 1. The largest absolute Gasteiger partial charge is 0.308 e. The van der Waals surface area contributed by atoms with Gasteiger partial charge in [0.2, 0.25) is 5.91 Å². The van der Waals surface area contributed by atoms with Crippen molar-refractivity contribution in [3.63, 3.8) is 0 Å². The Morgan fingerprint density at radius 1 is 1.30 bits per heavy atom. The molecule has 0 aliphatic rings. The number of para-hydroxylation sites is 1. The number of amides is 1. The van der Waals surface area contributed by atoms with Crippen molar-refractivity contribution in [1.82, 2.24) is 9.55 Å². The Balaban J connectivity index is 1.80. The molecule has 3 rings (SSSR count). The summed E-state index contributed by atoms with van der Waals surface area (Å²) in [6.45, 7) is 4.02. The number of pyridine rings is 1. The summed E-state index contributed by atoms with van der Waals surface area (Å²) in [7, 11) is 0. The molecule has 0 radical (unpaired) electrons. The Morgan fingerprint density at radius 3 is 2.83 bits per heavy atom. The third-order valence-corrected chi connectivity index (χ3v) is 4.49. The minimum atomic E-state index is -0.142. The predicted octanol–water partition coefficient (Wildman–Crippen LogP) is 3.10. The number of aryl methyl sites for hydroxylation is 3. The first-order valence-electron chi connectivity index (χ1n) is 7.36. The van der Waals surface area contributed by atoms with Gasteiger partial charge in [-0.3, -0.25) is 9.59 Å². The number of nitrogens with one attached hydrogen (secondary N) is 1. The zero-order valence-corrected chi connectivity index (χ0v) is 13.8. The molecule has 0 saturated heterocycles. The fourth-order valence-corrected chi connectivity index (χ4v) is 3.21. The number of aromatic nitrogens is 2. The molecule has 0 aliphatic carbocycles. The Bertz CT molecular complexity index is 927. The lowest BCUT2D eigenvalue weighted by Crippen LogP contribution is -2.25. The molecule has 3 aromatic rings. The summed E-state index contributed by atoms with van der Waals surface area (Å²) >= 11 is 1.40. The normalized spacial score (nSPS) is 10.9. The molecular formula is C17H17N3O2S. The zero-order chi connectivity index (χ0) is 16.4. The van der Waals surface area contributed by atoms with E-state index in [2.05, 4.69) is 10.3 Å². The summed E-state index contributed by atoms with van der Waals surface area (Å²) in [5.41, 5.74) is 2.36. The lowest BCUT2D eigenvalue weighted by Gasteiger charge is -2.11. The lowest BCUT2D eigenvalue weighted by atomic mass is 10.1. The Labute approximate surface area is 137 Å². The molecule has 0 fully saturated rings. The van der Waals surface area contributed by atoms with Crippen molar-refractivity contribution in [2.24, 2.45) is 0 Å². The number of nitrogens with zero attached hydrogens (tertiary/aromatic N) is 2. The van der Waals surface area contributed by atoms with E-state index in [4.69, 9.17) is 0 Å². The summed E-state index contributed by atoms with van der Waals surface area (Å²) in [5, 5.41) is 6.24. The first kappa shape index (κ1) is 15.4.